The molecule has 0 unspecified atom stereocenters. The van der Waals surface area contributed by atoms with Gasteiger partial charge in [-0.05, 0) is 0 Å². The van der Waals surface area contributed by atoms with Crippen molar-refractivity contribution in [2.45, 2.75) is 26.7 Å². The van der Waals surface area contributed by atoms with Gasteiger partial charge in [0.15, 0.2) is 0 Å². The summed E-state index contributed by atoms with van der Waals surface area (Å²) in [5.74, 6) is 0.685. The first-order chi connectivity index (χ1) is 3.81. The molecule has 0 aromatic heterocycles. The van der Waals surface area contributed by atoms with E-state index in [2.05, 4.69) is 34.4 Å². The molecule has 0 aromatic carbocycles. The van der Waals surface area contributed by atoms with Crippen molar-refractivity contribution in [2.24, 2.45) is 5.92 Å². The third-order valence-corrected chi connectivity index (χ3v) is 1.15. The summed E-state index contributed by atoms with van der Waals surface area (Å²) in [5, 5.41) is 0. The van der Waals surface area contributed by atoms with Crippen LogP contribution in [0.5, 0.6) is 0 Å². The summed E-state index contributed by atoms with van der Waals surface area (Å²) in [6, 6.07) is 0. The SMILES string of the molecule is [CH2-]C(CC)CC.[Zn+][Br]. The molecule has 0 saturated heterocycles. The van der Waals surface area contributed by atoms with Crippen LogP contribution < -0.4 is 0 Å². The molecular formula is C6H13BrZn. The van der Waals surface area contributed by atoms with Crippen LogP contribution in [-0.4, -0.2) is 0 Å². The van der Waals surface area contributed by atoms with Crippen LogP contribution in [0, 0.1) is 12.8 Å². The normalized spacial score (nSPS) is 8.38. The first-order valence-electron chi connectivity index (χ1n) is 2.91. The standard InChI is InChI=1S/C6H13.BrH.Zn/c1-4-6(3)5-2;;/h6H,3-5H2,1-2H3;1H;/q-1;;+2/p-1. The van der Waals surface area contributed by atoms with E-state index in [-0.39, 0.29) is 0 Å². The molecule has 0 spiro atoms. The van der Waals surface area contributed by atoms with E-state index in [9.17, 15) is 0 Å². The molecule has 0 heterocycles. The van der Waals surface area contributed by atoms with Crippen molar-refractivity contribution in [1.82, 2.24) is 0 Å². The average molecular weight is 230 g/mol. The van der Waals surface area contributed by atoms with E-state index in [1.807, 2.05) is 0 Å². The Morgan fingerprint density at radius 3 is 1.62 bits per heavy atom. The van der Waals surface area contributed by atoms with Crippen LogP contribution in [0.3, 0.4) is 0 Å². The quantitative estimate of drug-likeness (QED) is 0.505. The Balaban J connectivity index is 0. The van der Waals surface area contributed by atoms with Gasteiger partial charge in [0.25, 0.3) is 0 Å². The van der Waals surface area contributed by atoms with Gasteiger partial charge in [0.2, 0.25) is 0 Å². The molecule has 0 aliphatic rings. The summed E-state index contributed by atoms with van der Waals surface area (Å²) in [6.07, 6.45) is 2.44. The number of halogens is 1. The van der Waals surface area contributed by atoms with Crippen LogP contribution in [0.25, 0.3) is 0 Å². The molecule has 0 saturated carbocycles. The van der Waals surface area contributed by atoms with Crippen LogP contribution in [0.4, 0.5) is 0 Å². The van der Waals surface area contributed by atoms with Crippen molar-refractivity contribution in [2.75, 3.05) is 0 Å². The molecule has 46 valence electrons. The number of hydrogen-bond acceptors (Lipinski definition) is 0. The summed E-state index contributed by atoms with van der Waals surface area (Å²) in [5.41, 5.74) is 0. The Morgan fingerprint density at radius 2 is 1.62 bits per heavy atom. The molecule has 0 amide bonds. The summed E-state index contributed by atoms with van der Waals surface area (Å²) >= 11 is 4.25. The van der Waals surface area contributed by atoms with Crippen molar-refractivity contribution in [1.29, 1.82) is 0 Å². The Labute approximate surface area is 69.5 Å². The van der Waals surface area contributed by atoms with Gasteiger partial charge < -0.3 is 6.92 Å². The fourth-order valence-electron chi connectivity index (χ4n) is 0.289. The summed E-state index contributed by atoms with van der Waals surface area (Å²) in [4.78, 5) is 0. The molecular weight excluding hydrogens is 217 g/mol. The monoisotopic (exact) mass is 228 g/mol. The Kier molecular flexibility index (Phi) is 16.3. The fraction of sp³-hybridized carbons (Fsp3) is 0.833. The van der Waals surface area contributed by atoms with Gasteiger partial charge in [-0.1, -0.05) is 26.7 Å². The van der Waals surface area contributed by atoms with Crippen LogP contribution in [-0.2, 0) is 16.3 Å². The maximum atomic E-state index is 3.88. The van der Waals surface area contributed by atoms with Gasteiger partial charge in [-0.25, -0.2) is 0 Å². The molecule has 0 rings (SSSR count). The molecule has 0 atom stereocenters. The van der Waals surface area contributed by atoms with Crippen LogP contribution >= 0.6 is 13.6 Å². The molecule has 0 nitrogen and oxygen atoms in total. The van der Waals surface area contributed by atoms with Crippen molar-refractivity contribution >= 4 is 13.6 Å². The van der Waals surface area contributed by atoms with Gasteiger partial charge in [0, 0.05) is 0 Å². The van der Waals surface area contributed by atoms with Crippen molar-refractivity contribution in [3.05, 3.63) is 6.92 Å². The molecule has 0 bridgehead atoms. The second-order valence-electron chi connectivity index (χ2n) is 1.68. The van der Waals surface area contributed by atoms with Crippen molar-refractivity contribution < 1.29 is 16.3 Å². The zero-order valence-electron chi connectivity index (χ0n) is 5.78. The van der Waals surface area contributed by atoms with Gasteiger partial charge in [-0.3, -0.25) is 0 Å². The van der Waals surface area contributed by atoms with Gasteiger partial charge in [0.1, 0.15) is 0 Å². The molecule has 0 N–H and O–H groups in total. The first-order valence-corrected chi connectivity index (χ1v) is 9.86. The van der Waals surface area contributed by atoms with Crippen molar-refractivity contribution in [3.8, 4) is 0 Å². The van der Waals surface area contributed by atoms with E-state index in [1.54, 1.807) is 0 Å². The fourth-order valence-corrected chi connectivity index (χ4v) is 0.289. The molecule has 0 radical (unpaired) electrons. The molecule has 0 aliphatic heterocycles. The Morgan fingerprint density at radius 1 is 1.38 bits per heavy atom. The topological polar surface area (TPSA) is 0 Å². The molecule has 8 heavy (non-hydrogen) atoms. The van der Waals surface area contributed by atoms with Gasteiger partial charge in [-0.15, -0.1) is 0 Å². The van der Waals surface area contributed by atoms with E-state index >= 15 is 0 Å². The molecule has 0 aliphatic carbocycles. The zero-order valence-corrected chi connectivity index (χ0v) is 10.3. The Hall–Kier alpha value is 1.10. The number of hydrogen-bond donors (Lipinski definition) is 0. The number of rotatable bonds is 2. The summed E-state index contributed by atoms with van der Waals surface area (Å²) in [6.45, 7) is 8.21. The third kappa shape index (κ3) is 10.2. The van der Waals surface area contributed by atoms with E-state index in [0.717, 1.165) is 0 Å². The van der Waals surface area contributed by atoms with Gasteiger partial charge in [0.05, 0.1) is 0 Å². The second-order valence-corrected chi connectivity index (χ2v) is 1.68. The molecule has 0 aromatic rings. The summed E-state index contributed by atoms with van der Waals surface area (Å²) in [7, 11) is 0. The van der Waals surface area contributed by atoms with E-state index in [4.69, 9.17) is 0 Å². The van der Waals surface area contributed by atoms with Crippen LogP contribution in [0.15, 0.2) is 0 Å². The minimum absolute atomic E-state index is 0.685. The van der Waals surface area contributed by atoms with E-state index < -0.39 is 0 Å². The van der Waals surface area contributed by atoms with E-state index in [1.165, 1.54) is 29.2 Å². The summed E-state index contributed by atoms with van der Waals surface area (Å²) < 4.78 is 0. The second kappa shape index (κ2) is 11.0. The first kappa shape index (κ1) is 11.8. The zero-order chi connectivity index (χ0) is 6.99. The van der Waals surface area contributed by atoms with Crippen LogP contribution in [0.2, 0.25) is 0 Å². The Bertz CT molecular complexity index is 27.7. The van der Waals surface area contributed by atoms with Crippen molar-refractivity contribution in [3.63, 3.8) is 0 Å². The molecule has 0 fully saturated rings. The predicted octanol–water partition coefficient (Wildman–Crippen LogP) is 3.10. The van der Waals surface area contributed by atoms with Gasteiger partial charge >= 0.3 is 30.0 Å². The average Bonchev–Trinajstić information content (AvgIpc) is 1.91. The van der Waals surface area contributed by atoms with Crippen LogP contribution in [0.1, 0.15) is 26.7 Å². The predicted molar refractivity (Wildman–Crippen MR) is 38.4 cm³/mol. The molecule has 2 heteroatoms. The van der Waals surface area contributed by atoms with Gasteiger partial charge in [-0.2, -0.15) is 5.92 Å². The third-order valence-electron chi connectivity index (χ3n) is 1.15. The maximum absolute atomic E-state index is 3.88. The van der Waals surface area contributed by atoms with E-state index in [0.29, 0.717) is 5.92 Å². The minimum atomic E-state index is 0.685.